The summed E-state index contributed by atoms with van der Waals surface area (Å²) in [5.41, 5.74) is 1.07. The number of nitrogens with zero attached hydrogens (tertiary/aromatic N) is 3. The van der Waals surface area contributed by atoms with E-state index in [0.717, 1.165) is 15.9 Å². The van der Waals surface area contributed by atoms with E-state index in [4.69, 9.17) is 23.2 Å². The average Bonchev–Trinajstić information content (AvgIpc) is 2.94. The monoisotopic (exact) mass is 622 g/mol. The standard InChI is InChI=1S/C29H33Cl2FN4O4S/c1-4-16-33-29(38)27(18-21-10-6-5-7-11-21)35(19-22-14-15-23(30)24(31)17-22)28(37)20-36(41(39,40)34(2)3)26-13-9-8-12-25(26)32/h5-15,17,27H,4,16,18-20H2,1-3H3,(H,33,38)/t27-/m1/s1. The lowest BCUT2D eigenvalue weighted by atomic mass is 10.0. The third kappa shape index (κ3) is 8.42. The molecular formula is C29H33Cl2FN4O4S. The number of para-hydroxylation sites is 1. The fourth-order valence-electron chi connectivity index (χ4n) is 4.11. The van der Waals surface area contributed by atoms with Gasteiger partial charge in [-0.05, 0) is 41.8 Å². The molecule has 2 amide bonds. The molecule has 0 fully saturated rings. The minimum atomic E-state index is -4.31. The van der Waals surface area contributed by atoms with Gasteiger partial charge in [-0.25, -0.2) is 8.70 Å². The molecule has 0 unspecified atom stereocenters. The van der Waals surface area contributed by atoms with Crippen molar-refractivity contribution < 1.29 is 22.4 Å². The van der Waals surface area contributed by atoms with Crippen molar-refractivity contribution in [3.05, 3.63) is 99.8 Å². The molecule has 0 bridgehead atoms. The SMILES string of the molecule is CCCNC(=O)[C@@H](Cc1ccccc1)N(Cc1ccc(Cl)c(Cl)c1)C(=O)CN(c1ccccc1F)S(=O)(=O)N(C)C. The van der Waals surface area contributed by atoms with E-state index in [1.54, 1.807) is 18.2 Å². The average molecular weight is 624 g/mol. The van der Waals surface area contributed by atoms with E-state index >= 15 is 0 Å². The number of benzene rings is 3. The van der Waals surface area contributed by atoms with Crippen LogP contribution in [0, 0.1) is 5.82 Å². The first-order chi connectivity index (χ1) is 19.4. The molecular weight excluding hydrogens is 590 g/mol. The third-order valence-electron chi connectivity index (χ3n) is 6.30. The van der Waals surface area contributed by atoms with Gasteiger partial charge in [0.2, 0.25) is 11.8 Å². The van der Waals surface area contributed by atoms with Gasteiger partial charge in [0.05, 0.1) is 15.7 Å². The molecule has 3 aromatic rings. The Hall–Kier alpha value is -3.18. The summed E-state index contributed by atoms with van der Waals surface area (Å²) in [6.45, 7) is 1.45. The van der Waals surface area contributed by atoms with E-state index < -0.39 is 40.4 Å². The normalized spacial score (nSPS) is 12.2. The topological polar surface area (TPSA) is 90.0 Å². The molecule has 0 saturated carbocycles. The molecule has 0 aliphatic rings. The molecule has 0 aliphatic heterocycles. The van der Waals surface area contributed by atoms with Gasteiger partial charge < -0.3 is 10.2 Å². The van der Waals surface area contributed by atoms with Crippen molar-refractivity contribution in [1.29, 1.82) is 0 Å². The quantitative estimate of drug-likeness (QED) is 0.293. The second kappa shape index (κ2) is 14.6. The van der Waals surface area contributed by atoms with Crippen LogP contribution in [0.1, 0.15) is 24.5 Å². The lowest BCUT2D eigenvalue weighted by Crippen LogP contribution is -2.54. The molecule has 3 aromatic carbocycles. The predicted octanol–water partition coefficient (Wildman–Crippen LogP) is 4.91. The Morgan fingerprint density at radius 1 is 0.927 bits per heavy atom. The fraction of sp³-hybridized carbons (Fsp3) is 0.310. The van der Waals surface area contributed by atoms with Crippen molar-refractivity contribution in [3.8, 4) is 0 Å². The van der Waals surface area contributed by atoms with Crippen LogP contribution in [0.3, 0.4) is 0 Å². The molecule has 12 heteroatoms. The van der Waals surface area contributed by atoms with Crippen LogP contribution in [-0.2, 0) is 32.8 Å². The number of nitrogens with one attached hydrogen (secondary N) is 1. The molecule has 0 spiro atoms. The highest BCUT2D eigenvalue weighted by Crippen LogP contribution is 2.26. The van der Waals surface area contributed by atoms with E-state index in [1.807, 2.05) is 37.3 Å². The van der Waals surface area contributed by atoms with Gasteiger partial charge in [0, 0.05) is 33.6 Å². The minimum absolute atomic E-state index is 0.0834. The molecule has 0 aromatic heterocycles. The van der Waals surface area contributed by atoms with E-state index in [2.05, 4.69) is 5.32 Å². The Morgan fingerprint density at radius 2 is 1.59 bits per heavy atom. The van der Waals surface area contributed by atoms with Crippen LogP contribution in [-0.4, -0.2) is 62.7 Å². The third-order valence-corrected chi connectivity index (χ3v) is 8.84. The van der Waals surface area contributed by atoms with Crippen molar-refractivity contribution in [2.45, 2.75) is 32.4 Å². The predicted molar refractivity (Wildman–Crippen MR) is 161 cm³/mol. The number of carbonyl (C=O) groups excluding carboxylic acids is 2. The smallest absolute Gasteiger partial charge is 0.304 e. The van der Waals surface area contributed by atoms with Gasteiger partial charge >= 0.3 is 10.2 Å². The Kier molecular flexibility index (Phi) is 11.5. The Labute approximate surface area is 250 Å². The number of hydrogen-bond donors (Lipinski definition) is 1. The van der Waals surface area contributed by atoms with E-state index in [-0.39, 0.29) is 23.7 Å². The molecule has 8 nitrogen and oxygen atoms in total. The largest absolute Gasteiger partial charge is 0.354 e. The van der Waals surface area contributed by atoms with Crippen LogP contribution in [0.5, 0.6) is 0 Å². The summed E-state index contributed by atoms with van der Waals surface area (Å²) in [5.74, 6) is -1.93. The van der Waals surface area contributed by atoms with Crippen LogP contribution in [0.15, 0.2) is 72.8 Å². The molecule has 3 rings (SSSR count). The van der Waals surface area contributed by atoms with Crippen LogP contribution in [0.4, 0.5) is 10.1 Å². The first-order valence-electron chi connectivity index (χ1n) is 13.0. The van der Waals surface area contributed by atoms with Crippen LogP contribution in [0.25, 0.3) is 0 Å². The fourth-order valence-corrected chi connectivity index (χ4v) is 5.50. The highest BCUT2D eigenvalue weighted by molar-refractivity contribution is 7.90. The number of carbonyl (C=O) groups is 2. The lowest BCUT2D eigenvalue weighted by Gasteiger charge is -2.34. The van der Waals surface area contributed by atoms with Crippen molar-refractivity contribution in [2.75, 3.05) is 31.5 Å². The zero-order chi connectivity index (χ0) is 30.2. The molecule has 1 N–H and O–H groups in total. The van der Waals surface area contributed by atoms with Gasteiger partial charge in [-0.15, -0.1) is 0 Å². The molecule has 0 radical (unpaired) electrons. The summed E-state index contributed by atoms with van der Waals surface area (Å²) in [6, 6.07) is 18.3. The summed E-state index contributed by atoms with van der Waals surface area (Å²) < 4.78 is 43.1. The van der Waals surface area contributed by atoms with Gasteiger partial charge in [-0.1, -0.05) is 78.7 Å². The highest BCUT2D eigenvalue weighted by Gasteiger charge is 2.35. The van der Waals surface area contributed by atoms with Gasteiger partial charge in [-0.3, -0.25) is 9.59 Å². The first kappa shape index (κ1) is 32.3. The van der Waals surface area contributed by atoms with Gasteiger partial charge in [0.25, 0.3) is 0 Å². The van der Waals surface area contributed by atoms with E-state index in [1.165, 1.54) is 37.2 Å². The Morgan fingerprint density at radius 3 is 2.20 bits per heavy atom. The zero-order valence-electron chi connectivity index (χ0n) is 23.1. The molecule has 0 saturated heterocycles. The summed E-state index contributed by atoms with van der Waals surface area (Å²) in [4.78, 5) is 28.9. The van der Waals surface area contributed by atoms with Crippen LogP contribution >= 0.6 is 23.2 Å². The van der Waals surface area contributed by atoms with Crippen molar-refractivity contribution in [2.24, 2.45) is 0 Å². The Balaban J connectivity index is 2.11. The summed E-state index contributed by atoms with van der Waals surface area (Å²) in [5, 5.41) is 3.43. The van der Waals surface area contributed by atoms with E-state index in [0.29, 0.717) is 27.9 Å². The molecule has 41 heavy (non-hydrogen) atoms. The number of amides is 2. The summed E-state index contributed by atoms with van der Waals surface area (Å²) >= 11 is 12.3. The van der Waals surface area contributed by atoms with Crippen molar-refractivity contribution in [1.82, 2.24) is 14.5 Å². The van der Waals surface area contributed by atoms with Gasteiger partial charge in [-0.2, -0.15) is 12.7 Å². The van der Waals surface area contributed by atoms with Gasteiger partial charge in [0.15, 0.2) is 0 Å². The zero-order valence-corrected chi connectivity index (χ0v) is 25.4. The van der Waals surface area contributed by atoms with Crippen molar-refractivity contribution in [3.63, 3.8) is 0 Å². The maximum atomic E-state index is 14.9. The Bertz CT molecular complexity index is 1460. The lowest BCUT2D eigenvalue weighted by molar-refractivity contribution is -0.140. The van der Waals surface area contributed by atoms with Crippen LogP contribution < -0.4 is 9.62 Å². The van der Waals surface area contributed by atoms with Crippen LogP contribution in [0.2, 0.25) is 10.0 Å². The molecule has 0 heterocycles. The number of rotatable bonds is 13. The molecule has 1 atom stereocenters. The van der Waals surface area contributed by atoms with Gasteiger partial charge in [0.1, 0.15) is 18.4 Å². The first-order valence-corrected chi connectivity index (χ1v) is 15.1. The molecule has 220 valence electrons. The number of anilines is 1. The minimum Gasteiger partial charge on any atom is -0.354 e. The van der Waals surface area contributed by atoms with E-state index in [9.17, 15) is 22.4 Å². The second-order valence-corrected chi connectivity index (χ2v) is 12.4. The molecule has 0 aliphatic carbocycles. The number of hydrogen-bond acceptors (Lipinski definition) is 4. The highest BCUT2D eigenvalue weighted by atomic mass is 35.5. The number of halogens is 3. The summed E-state index contributed by atoms with van der Waals surface area (Å²) in [7, 11) is -1.73. The summed E-state index contributed by atoms with van der Waals surface area (Å²) in [6.07, 6.45) is 0.830. The second-order valence-electron chi connectivity index (χ2n) is 9.51. The maximum Gasteiger partial charge on any atom is 0.304 e. The maximum absolute atomic E-state index is 14.9. The van der Waals surface area contributed by atoms with Crippen molar-refractivity contribution >= 4 is 50.9 Å².